The summed E-state index contributed by atoms with van der Waals surface area (Å²) < 4.78 is 40.6. The van der Waals surface area contributed by atoms with Crippen LogP contribution in [0.3, 0.4) is 0 Å². The van der Waals surface area contributed by atoms with Gasteiger partial charge in [0.1, 0.15) is 0 Å². The molecule has 2 unspecified atom stereocenters. The van der Waals surface area contributed by atoms with Crippen molar-refractivity contribution < 1.29 is 23.4 Å². The predicted octanol–water partition coefficient (Wildman–Crippen LogP) is 5.51. The van der Waals surface area contributed by atoms with Crippen molar-refractivity contribution in [1.82, 2.24) is 0 Å². The third kappa shape index (κ3) is 5.99. The Morgan fingerprint density at radius 3 is 2.04 bits per heavy atom. The molecule has 3 nitrogen and oxygen atoms in total. The lowest BCUT2D eigenvalue weighted by molar-refractivity contribution is -0.216. The van der Waals surface area contributed by atoms with Crippen LogP contribution in [0.5, 0.6) is 0 Å². The van der Waals surface area contributed by atoms with E-state index in [0.717, 1.165) is 12.1 Å². The van der Waals surface area contributed by atoms with Crippen LogP contribution in [0.2, 0.25) is 10.0 Å². The van der Waals surface area contributed by atoms with E-state index < -0.39 is 23.9 Å². The summed E-state index contributed by atoms with van der Waals surface area (Å²) in [6, 6.07) is 9.38. The molecule has 8 heteroatoms. The fourth-order valence-corrected chi connectivity index (χ4v) is 3.16. The first-order valence-electron chi connectivity index (χ1n) is 8.22. The molecule has 0 aromatic heterocycles. The highest BCUT2D eigenvalue weighted by Gasteiger charge is 2.35. The van der Waals surface area contributed by atoms with E-state index in [1.165, 1.54) is 25.1 Å². The van der Waals surface area contributed by atoms with Gasteiger partial charge in [-0.1, -0.05) is 47.5 Å². The van der Waals surface area contributed by atoms with Gasteiger partial charge in [0.05, 0.1) is 17.7 Å². The summed E-state index contributed by atoms with van der Waals surface area (Å²) in [6.07, 6.45) is -5.52. The highest BCUT2D eigenvalue weighted by atomic mass is 35.5. The van der Waals surface area contributed by atoms with Gasteiger partial charge in [-0.25, -0.2) is 0 Å². The molecule has 0 spiro atoms. The van der Waals surface area contributed by atoms with Crippen molar-refractivity contribution in [1.29, 1.82) is 0 Å². The maximum absolute atomic E-state index is 13.5. The van der Waals surface area contributed by atoms with Crippen molar-refractivity contribution in [2.45, 2.75) is 32.2 Å². The van der Waals surface area contributed by atoms with E-state index in [9.17, 15) is 23.4 Å². The third-order valence-electron chi connectivity index (χ3n) is 3.94. The average Bonchev–Trinajstić information content (AvgIpc) is 2.57. The number of aliphatic imine (C=N–C) groups is 1. The topological polar surface area (TPSA) is 55.7 Å². The van der Waals surface area contributed by atoms with Crippen LogP contribution in [0.15, 0.2) is 53.5 Å². The number of benzene rings is 2. The van der Waals surface area contributed by atoms with Gasteiger partial charge in [-0.05, 0) is 60.7 Å². The summed E-state index contributed by atoms with van der Waals surface area (Å²) >= 11 is 11.6. The van der Waals surface area contributed by atoms with Gasteiger partial charge in [0.25, 0.3) is 0 Å². The van der Waals surface area contributed by atoms with Gasteiger partial charge < -0.3 is 10.2 Å². The highest BCUT2D eigenvalue weighted by molar-refractivity contribution is 6.34. The summed E-state index contributed by atoms with van der Waals surface area (Å²) in [4.78, 5) is 3.87. The second-order valence-electron chi connectivity index (χ2n) is 6.17. The van der Waals surface area contributed by atoms with Crippen molar-refractivity contribution in [3.8, 4) is 0 Å². The molecule has 0 saturated carbocycles. The number of allylic oxidation sites excluding steroid dienone is 1. The lowest BCUT2D eigenvalue weighted by Crippen LogP contribution is -2.13. The van der Waals surface area contributed by atoms with E-state index in [2.05, 4.69) is 4.99 Å². The summed E-state index contributed by atoms with van der Waals surface area (Å²) in [5.41, 5.74) is -0.329. The number of hydrogen-bond acceptors (Lipinski definition) is 3. The molecule has 150 valence electrons. The summed E-state index contributed by atoms with van der Waals surface area (Å²) in [5.74, 6) is -0.324. The van der Waals surface area contributed by atoms with Crippen LogP contribution in [0.4, 0.5) is 13.2 Å². The minimum atomic E-state index is -4.72. The molecule has 1 N–H and O–H groups in total. The molecular weight excluding hydrogens is 414 g/mol. The minimum absolute atomic E-state index is 0.0553. The van der Waals surface area contributed by atoms with Crippen molar-refractivity contribution in [2.24, 2.45) is 4.99 Å². The molecule has 0 fully saturated rings. The second kappa shape index (κ2) is 8.99. The van der Waals surface area contributed by atoms with E-state index in [1.54, 1.807) is 19.1 Å². The Morgan fingerprint density at radius 1 is 1.07 bits per heavy atom. The largest absolute Gasteiger partial charge is 0.862 e. The Hall–Kier alpha value is -2.02. The van der Waals surface area contributed by atoms with Crippen LogP contribution in [-0.4, -0.2) is 17.2 Å². The maximum atomic E-state index is 13.5. The molecule has 2 atom stereocenters. The van der Waals surface area contributed by atoms with Gasteiger partial charge in [-0.15, -0.1) is 0 Å². The van der Waals surface area contributed by atoms with E-state index in [4.69, 9.17) is 23.2 Å². The molecule has 0 aliphatic heterocycles. The zero-order valence-electron chi connectivity index (χ0n) is 15.0. The minimum Gasteiger partial charge on any atom is -0.862 e. The number of rotatable bonds is 5. The van der Waals surface area contributed by atoms with Crippen molar-refractivity contribution in [2.75, 3.05) is 0 Å². The van der Waals surface area contributed by atoms with E-state index in [1.807, 2.05) is 0 Å². The van der Waals surface area contributed by atoms with E-state index >= 15 is 0 Å². The van der Waals surface area contributed by atoms with Crippen LogP contribution in [-0.2, 0) is 0 Å². The first-order valence-corrected chi connectivity index (χ1v) is 8.98. The Labute approximate surface area is 170 Å². The number of aliphatic hydroxyl groups is 1. The molecule has 0 bridgehead atoms. The van der Waals surface area contributed by atoms with Crippen LogP contribution in [0.1, 0.15) is 42.7 Å². The van der Waals surface area contributed by atoms with E-state index in [-0.39, 0.29) is 27.1 Å². The molecule has 28 heavy (non-hydrogen) atoms. The average molecular weight is 431 g/mol. The molecular formula is C20H17Cl2F3NO2-. The predicted molar refractivity (Wildman–Crippen MR) is 103 cm³/mol. The van der Waals surface area contributed by atoms with Crippen LogP contribution < -0.4 is 5.11 Å². The molecule has 0 aliphatic rings. The monoisotopic (exact) mass is 430 g/mol. The molecule has 0 heterocycles. The fourth-order valence-electron chi connectivity index (χ4n) is 2.64. The van der Waals surface area contributed by atoms with Crippen molar-refractivity contribution >= 4 is 34.7 Å². The van der Waals surface area contributed by atoms with Gasteiger partial charge in [-0.2, -0.15) is 13.2 Å². The summed E-state index contributed by atoms with van der Waals surface area (Å²) in [5, 5.41) is 21.5. The normalized spacial score (nSPS) is 15.4. The van der Waals surface area contributed by atoms with Crippen LogP contribution in [0.25, 0.3) is 5.57 Å². The highest BCUT2D eigenvalue weighted by Crippen LogP contribution is 2.38. The number of aliphatic hydroxyl groups excluding tert-OH is 1. The molecule has 2 aromatic rings. The lowest BCUT2D eigenvalue weighted by atomic mass is 9.99. The smallest absolute Gasteiger partial charge is 0.416 e. The lowest BCUT2D eigenvalue weighted by Gasteiger charge is -2.16. The van der Waals surface area contributed by atoms with Crippen molar-refractivity contribution in [3.05, 3.63) is 75.3 Å². The van der Waals surface area contributed by atoms with Gasteiger partial charge in [-0.3, -0.25) is 4.99 Å². The molecule has 0 aliphatic carbocycles. The van der Waals surface area contributed by atoms with Gasteiger partial charge in [0, 0.05) is 10.0 Å². The number of alkyl halides is 3. The molecule has 2 aromatic carbocycles. The zero-order valence-corrected chi connectivity index (χ0v) is 16.5. The Bertz CT molecular complexity index is 869. The van der Waals surface area contributed by atoms with E-state index in [0.29, 0.717) is 11.6 Å². The van der Waals surface area contributed by atoms with Gasteiger partial charge in [0.2, 0.25) is 0 Å². The fraction of sp³-hybridized carbons (Fsp3) is 0.250. The SMILES string of the molecule is CC([O-])=NC(C)c1ccc(C(O)/C=C(/c2cc(Cl)cc(Cl)c2)C(F)(F)F)cc1. The molecule has 0 saturated heterocycles. The Balaban J connectivity index is 2.38. The first kappa shape index (κ1) is 22.3. The Kier molecular flexibility index (Phi) is 7.15. The standard InChI is InChI=1S/C20H18Cl2F3NO2/c1-11(26-12(2)27)13-3-5-14(6-4-13)19(28)10-18(20(23,24)25)15-7-16(21)9-17(22)8-15/h3-11,19,28H,1-2H3,(H,26,27)/p-1/b18-10-. The molecule has 0 amide bonds. The molecule has 0 radical (unpaired) electrons. The summed E-state index contributed by atoms with van der Waals surface area (Å²) in [6.45, 7) is 3.05. The Morgan fingerprint density at radius 2 is 1.57 bits per heavy atom. The quantitative estimate of drug-likeness (QED) is 0.501. The van der Waals surface area contributed by atoms with Crippen LogP contribution in [0, 0.1) is 0 Å². The van der Waals surface area contributed by atoms with Crippen LogP contribution >= 0.6 is 23.2 Å². The van der Waals surface area contributed by atoms with Crippen molar-refractivity contribution in [3.63, 3.8) is 0 Å². The first-order chi connectivity index (χ1) is 13.0. The van der Waals surface area contributed by atoms with Gasteiger partial charge >= 0.3 is 6.18 Å². The maximum Gasteiger partial charge on any atom is 0.416 e. The zero-order chi connectivity index (χ0) is 21.1. The number of hydrogen-bond donors (Lipinski definition) is 1. The summed E-state index contributed by atoms with van der Waals surface area (Å²) in [7, 11) is 0. The van der Waals surface area contributed by atoms with Gasteiger partial charge in [0.15, 0.2) is 0 Å². The third-order valence-corrected chi connectivity index (χ3v) is 4.38. The number of nitrogens with zero attached hydrogens (tertiary/aromatic N) is 1. The second-order valence-corrected chi connectivity index (χ2v) is 7.04. The molecule has 2 rings (SSSR count). The number of halogens is 5.